The summed E-state index contributed by atoms with van der Waals surface area (Å²) in [4.78, 5) is 16.7. The van der Waals surface area contributed by atoms with Gasteiger partial charge >= 0.3 is 0 Å². The first-order valence-electron chi connectivity index (χ1n) is 5.50. The third-order valence-corrected chi connectivity index (χ3v) is 3.22. The topological polar surface area (TPSA) is 51.5 Å². The summed E-state index contributed by atoms with van der Waals surface area (Å²) in [6.07, 6.45) is 0. The van der Waals surface area contributed by atoms with Crippen molar-refractivity contribution < 1.29 is 5.32 Å². The van der Waals surface area contributed by atoms with Crippen LogP contribution in [0.4, 0.5) is 0 Å². The van der Waals surface area contributed by atoms with Crippen molar-refractivity contribution in [3.05, 3.63) is 39.4 Å². The summed E-state index contributed by atoms with van der Waals surface area (Å²) in [7, 11) is 3.71. The molecule has 5 heteroatoms. The van der Waals surface area contributed by atoms with Crippen molar-refractivity contribution in [2.75, 3.05) is 7.05 Å². The van der Waals surface area contributed by atoms with Gasteiger partial charge in [-0.05, 0) is 25.1 Å². The van der Waals surface area contributed by atoms with E-state index in [0.29, 0.717) is 15.9 Å². The number of quaternary nitrogens is 1. The molecule has 1 heterocycles. The van der Waals surface area contributed by atoms with Crippen molar-refractivity contribution in [3.8, 4) is 0 Å². The normalized spacial score (nSPS) is 12.9. The standard InChI is InChI=1S/C12H14ClN3O/c1-7(14-2)11-15-10-6-8(13)4-5-9(10)12(17)16(11)3/h4-7,14H,1-3H3/p+1/t7-/m1/s1. The highest BCUT2D eigenvalue weighted by Crippen LogP contribution is 2.16. The first-order valence-corrected chi connectivity index (χ1v) is 5.88. The molecule has 2 aromatic rings. The van der Waals surface area contributed by atoms with E-state index in [1.54, 1.807) is 29.8 Å². The van der Waals surface area contributed by atoms with Crippen molar-refractivity contribution in [3.63, 3.8) is 0 Å². The number of benzene rings is 1. The molecule has 0 aliphatic rings. The fourth-order valence-electron chi connectivity index (χ4n) is 1.82. The minimum absolute atomic E-state index is 0.0321. The monoisotopic (exact) mass is 252 g/mol. The van der Waals surface area contributed by atoms with Crippen LogP contribution in [0.5, 0.6) is 0 Å². The average Bonchev–Trinajstić information content (AvgIpc) is 2.32. The molecule has 0 saturated carbocycles. The molecule has 1 aromatic heterocycles. The molecule has 0 bridgehead atoms. The molecule has 0 aliphatic carbocycles. The van der Waals surface area contributed by atoms with Crippen LogP contribution in [0.3, 0.4) is 0 Å². The van der Waals surface area contributed by atoms with E-state index in [9.17, 15) is 4.79 Å². The summed E-state index contributed by atoms with van der Waals surface area (Å²) >= 11 is 5.92. The number of nitrogens with two attached hydrogens (primary N) is 1. The van der Waals surface area contributed by atoms with Gasteiger partial charge in [-0.3, -0.25) is 9.36 Å². The largest absolute Gasteiger partial charge is 0.340 e. The summed E-state index contributed by atoms with van der Waals surface area (Å²) in [6, 6.07) is 5.29. The van der Waals surface area contributed by atoms with E-state index >= 15 is 0 Å². The zero-order valence-corrected chi connectivity index (χ0v) is 10.8. The van der Waals surface area contributed by atoms with E-state index in [4.69, 9.17) is 11.6 Å². The van der Waals surface area contributed by atoms with Gasteiger partial charge in [0.15, 0.2) is 5.82 Å². The van der Waals surface area contributed by atoms with Crippen LogP contribution in [-0.4, -0.2) is 16.6 Å². The zero-order valence-electron chi connectivity index (χ0n) is 10.1. The van der Waals surface area contributed by atoms with Crippen LogP contribution in [-0.2, 0) is 7.05 Å². The average molecular weight is 253 g/mol. The highest BCUT2D eigenvalue weighted by atomic mass is 35.5. The summed E-state index contributed by atoms with van der Waals surface area (Å²) < 4.78 is 1.60. The number of aromatic nitrogens is 2. The molecule has 2 rings (SSSR count). The minimum atomic E-state index is -0.0321. The molecular formula is C12H15ClN3O+. The van der Waals surface area contributed by atoms with Crippen molar-refractivity contribution >= 4 is 22.5 Å². The maximum absolute atomic E-state index is 12.1. The lowest BCUT2D eigenvalue weighted by Gasteiger charge is -2.12. The maximum atomic E-state index is 12.1. The molecule has 0 amide bonds. The number of rotatable bonds is 2. The van der Waals surface area contributed by atoms with Crippen molar-refractivity contribution in [1.29, 1.82) is 0 Å². The molecule has 2 N–H and O–H groups in total. The van der Waals surface area contributed by atoms with Gasteiger partial charge < -0.3 is 5.32 Å². The Bertz CT molecular complexity index is 621. The summed E-state index contributed by atoms with van der Waals surface area (Å²) in [6.45, 7) is 2.01. The third-order valence-electron chi connectivity index (χ3n) is 2.98. The van der Waals surface area contributed by atoms with Crippen molar-refractivity contribution in [2.24, 2.45) is 7.05 Å². The van der Waals surface area contributed by atoms with Crippen LogP contribution >= 0.6 is 11.6 Å². The van der Waals surface area contributed by atoms with Crippen molar-refractivity contribution in [2.45, 2.75) is 13.0 Å². The number of fused-ring (bicyclic) bond motifs is 1. The molecule has 0 spiro atoms. The fraction of sp³-hybridized carbons (Fsp3) is 0.333. The summed E-state index contributed by atoms with van der Waals surface area (Å²) in [5.74, 6) is 0.757. The quantitative estimate of drug-likeness (QED) is 0.861. The van der Waals surface area contributed by atoms with Crippen LogP contribution in [0.1, 0.15) is 18.8 Å². The Kier molecular flexibility index (Phi) is 3.17. The molecule has 1 aromatic carbocycles. The van der Waals surface area contributed by atoms with Gasteiger partial charge in [0.2, 0.25) is 0 Å². The molecule has 0 saturated heterocycles. The van der Waals surface area contributed by atoms with E-state index in [1.165, 1.54) is 0 Å². The highest BCUT2D eigenvalue weighted by Gasteiger charge is 2.15. The first-order chi connectivity index (χ1) is 8.04. The third kappa shape index (κ3) is 2.06. The van der Waals surface area contributed by atoms with Gasteiger partial charge in [0.1, 0.15) is 6.04 Å². The second-order valence-corrected chi connectivity index (χ2v) is 4.55. The molecule has 0 radical (unpaired) electrons. The maximum Gasteiger partial charge on any atom is 0.261 e. The molecule has 4 nitrogen and oxygen atoms in total. The first kappa shape index (κ1) is 12.1. The van der Waals surface area contributed by atoms with E-state index < -0.39 is 0 Å². The van der Waals surface area contributed by atoms with E-state index in [2.05, 4.69) is 4.98 Å². The predicted molar refractivity (Wildman–Crippen MR) is 68.3 cm³/mol. The van der Waals surface area contributed by atoms with E-state index in [-0.39, 0.29) is 11.6 Å². The van der Waals surface area contributed by atoms with Gasteiger partial charge in [-0.2, -0.15) is 0 Å². The Morgan fingerprint density at radius 3 is 2.82 bits per heavy atom. The molecule has 0 fully saturated rings. The fourth-order valence-corrected chi connectivity index (χ4v) is 1.98. The van der Waals surface area contributed by atoms with Crippen LogP contribution < -0.4 is 10.9 Å². The molecule has 0 aliphatic heterocycles. The van der Waals surface area contributed by atoms with Gasteiger partial charge in [-0.1, -0.05) is 11.6 Å². The minimum Gasteiger partial charge on any atom is -0.340 e. The zero-order chi connectivity index (χ0) is 12.6. The second-order valence-electron chi connectivity index (χ2n) is 4.12. The molecular weight excluding hydrogens is 238 g/mol. The van der Waals surface area contributed by atoms with Crippen LogP contribution in [0.25, 0.3) is 10.9 Å². The van der Waals surface area contributed by atoms with Gasteiger partial charge in [0.05, 0.1) is 18.0 Å². The van der Waals surface area contributed by atoms with Gasteiger partial charge in [0.25, 0.3) is 5.56 Å². The van der Waals surface area contributed by atoms with Gasteiger partial charge in [-0.25, -0.2) is 4.98 Å². The summed E-state index contributed by atoms with van der Waals surface area (Å²) in [5, 5.41) is 3.21. The Morgan fingerprint density at radius 1 is 1.47 bits per heavy atom. The second kappa shape index (κ2) is 4.47. The van der Waals surface area contributed by atoms with Gasteiger partial charge in [0, 0.05) is 12.1 Å². The van der Waals surface area contributed by atoms with E-state index in [0.717, 1.165) is 5.82 Å². The Hall–Kier alpha value is -1.39. The SMILES string of the molecule is C[NH2+][C@H](C)c1nc2cc(Cl)ccc2c(=O)n1C. The molecule has 0 unspecified atom stereocenters. The van der Waals surface area contributed by atoms with E-state index in [1.807, 2.05) is 19.3 Å². The summed E-state index contributed by atoms with van der Waals surface area (Å²) in [5.41, 5.74) is 0.625. The number of halogens is 1. The number of hydrogen-bond acceptors (Lipinski definition) is 2. The van der Waals surface area contributed by atoms with Crippen molar-refractivity contribution in [1.82, 2.24) is 9.55 Å². The predicted octanol–water partition coefficient (Wildman–Crippen LogP) is 0.841. The van der Waals surface area contributed by atoms with Crippen LogP contribution in [0, 0.1) is 0 Å². The lowest BCUT2D eigenvalue weighted by molar-refractivity contribution is -0.668. The molecule has 17 heavy (non-hydrogen) atoms. The van der Waals surface area contributed by atoms with Crippen LogP contribution in [0.15, 0.2) is 23.0 Å². The van der Waals surface area contributed by atoms with Crippen LogP contribution in [0.2, 0.25) is 5.02 Å². The molecule has 1 atom stereocenters. The number of hydrogen-bond donors (Lipinski definition) is 1. The number of nitrogens with zero attached hydrogens (tertiary/aromatic N) is 2. The molecule has 90 valence electrons. The van der Waals surface area contributed by atoms with Gasteiger partial charge in [-0.15, -0.1) is 0 Å². The Labute approximate surface area is 104 Å². The Balaban J connectivity index is 2.80. The smallest absolute Gasteiger partial charge is 0.261 e. The Morgan fingerprint density at radius 2 is 2.18 bits per heavy atom. The lowest BCUT2D eigenvalue weighted by Crippen LogP contribution is -2.80. The lowest BCUT2D eigenvalue weighted by atomic mass is 10.2. The highest BCUT2D eigenvalue weighted by molar-refractivity contribution is 6.31.